The topological polar surface area (TPSA) is 39.7 Å². The summed E-state index contributed by atoms with van der Waals surface area (Å²) in [6.07, 6.45) is 2.35. The third-order valence-corrected chi connectivity index (χ3v) is 4.89. The van der Waals surface area contributed by atoms with Gasteiger partial charge in [0.25, 0.3) is 5.91 Å². The van der Waals surface area contributed by atoms with Crippen molar-refractivity contribution in [2.24, 2.45) is 0 Å². The molecule has 5 nitrogen and oxygen atoms in total. The molecule has 1 aromatic carbocycles. The predicted molar refractivity (Wildman–Crippen MR) is 105 cm³/mol. The lowest BCUT2D eigenvalue weighted by atomic mass is 10.1. The van der Waals surface area contributed by atoms with E-state index < -0.39 is 0 Å². The van der Waals surface area contributed by atoms with Crippen LogP contribution >= 0.6 is 0 Å². The third kappa shape index (κ3) is 5.34. The molecule has 1 amide bonds. The first-order valence-corrected chi connectivity index (χ1v) is 9.41. The van der Waals surface area contributed by atoms with Crippen molar-refractivity contribution in [3.63, 3.8) is 0 Å². The number of halogens is 1. The van der Waals surface area contributed by atoms with Gasteiger partial charge in [-0.1, -0.05) is 12.1 Å². The summed E-state index contributed by atoms with van der Waals surface area (Å²) in [5.41, 5.74) is 2.25. The molecule has 0 bridgehead atoms. The zero-order valence-electron chi connectivity index (χ0n) is 16.1. The van der Waals surface area contributed by atoms with Gasteiger partial charge in [0.2, 0.25) is 0 Å². The fraction of sp³-hybridized carbons (Fsp3) is 0.429. The van der Waals surface area contributed by atoms with Crippen LogP contribution in [0.2, 0.25) is 0 Å². The van der Waals surface area contributed by atoms with E-state index >= 15 is 0 Å². The van der Waals surface area contributed by atoms with Crippen LogP contribution in [0.3, 0.4) is 0 Å². The van der Waals surface area contributed by atoms with Crippen LogP contribution in [-0.4, -0.2) is 79.0 Å². The number of carbonyl (C=O) groups excluding carboxylic acids is 1. The molecule has 3 rings (SSSR count). The number of hydrogen-bond donors (Lipinski definition) is 0. The molecule has 1 aromatic heterocycles. The Morgan fingerprint density at radius 1 is 1.07 bits per heavy atom. The summed E-state index contributed by atoms with van der Waals surface area (Å²) >= 11 is 0. The molecule has 2 heterocycles. The van der Waals surface area contributed by atoms with E-state index in [2.05, 4.69) is 28.9 Å². The van der Waals surface area contributed by atoms with Gasteiger partial charge in [-0.25, -0.2) is 4.39 Å². The molecule has 0 saturated carbocycles. The smallest absolute Gasteiger partial charge is 0.253 e. The first-order valence-electron chi connectivity index (χ1n) is 9.41. The van der Waals surface area contributed by atoms with Gasteiger partial charge < -0.3 is 9.80 Å². The Morgan fingerprint density at radius 3 is 2.37 bits per heavy atom. The zero-order valence-corrected chi connectivity index (χ0v) is 16.1. The van der Waals surface area contributed by atoms with Crippen LogP contribution < -0.4 is 0 Å². The van der Waals surface area contributed by atoms with Gasteiger partial charge in [0.15, 0.2) is 0 Å². The summed E-state index contributed by atoms with van der Waals surface area (Å²) in [7, 11) is 4.18. The number of amides is 1. The van der Waals surface area contributed by atoms with Crippen molar-refractivity contribution in [3.8, 4) is 11.3 Å². The minimum Gasteiger partial charge on any atom is -0.336 e. The SMILES string of the molecule is CN(C)CCCN1CCN(C(=O)c2ccc(-c3ccc(F)cn3)cc2)CC1. The molecule has 27 heavy (non-hydrogen) atoms. The maximum absolute atomic E-state index is 13.0. The van der Waals surface area contributed by atoms with Gasteiger partial charge in [-0.05, 0) is 57.9 Å². The molecule has 1 saturated heterocycles. The number of carbonyl (C=O) groups is 1. The number of aromatic nitrogens is 1. The zero-order chi connectivity index (χ0) is 19.2. The minimum absolute atomic E-state index is 0.0709. The van der Waals surface area contributed by atoms with E-state index in [0.29, 0.717) is 11.3 Å². The normalized spacial score (nSPS) is 15.3. The Labute approximate surface area is 160 Å². The van der Waals surface area contributed by atoms with Crippen LogP contribution in [0.1, 0.15) is 16.8 Å². The van der Waals surface area contributed by atoms with Crippen LogP contribution in [0.5, 0.6) is 0 Å². The van der Waals surface area contributed by atoms with Gasteiger partial charge in [0.05, 0.1) is 11.9 Å². The summed E-state index contributed by atoms with van der Waals surface area (Å²) in [4.78, 5) is 23.4. The number of pyridine rings is 1. The van der Waals surface area contributed by atoms with E-state index in [1.54, 1.807) is 6.07 Å². The molecule has 0 radical (unpaired) electrons. The van der Waals surface area contributed by atoms with Crippen molar-refractivity contribution >= 4 is 5.91 Å². The van der Waals surface area contributed by atoms with E-state index in [-0.39, 0.29) is 11.7 Å². The Morgan fingerprint density at radius 2 is 1.78 bits per heavy atom. The highest BCUT2D eigenvalue weighted by Crippen LogP contribution is 2.18. The van der Waals surface area contributed by atoms with Crippen molar-refractivity contribution in [1.82, 2.24) is 19.7 Å². The first-order chi connectivity index (χ1) is 13.0. The van der Waals surface area contributed by atoms with Crippen LogP contribution in [0, 0.1) is 5.82 Å². The largest absolute Gasteiger partial charge is 0.336 e. The molecule has 0 atom stereocenters. The van der Waals surface area contributed by atoms with Gasteiger partial charge in [0.1, 0.15) is 5.82 Å². The van der Waals surface area contributed by atoms with Crippen LogP contribution in [0.25, 0.3) is 11.3 Å². The molecule has 0 N–H and O–H groups in total. The van der Waals surface area contributed by atoms with Gasteiger partial charge in [-0.2, -0.15) is 0 Å². The Hall–Kier alpha value is -2.31. The molecule has 0 unspecified atom stereocenters. The Bertz CT molecular complexity index is 738. The molecule has 1 aliphatic heterocycles. The lowest BCUT2D eigenvalue weighted by Crippen LogP contribution is -2.49. The predicted octanol–water partition coefficient (Wildman–Crippen LogP) is 2.60. The lowest BCUT2D eigenvalue weighted by Gasteiger charge is -2.35. The highest BCUT2D eigenvalue weighted by molar-refractivity contribution is 5.94. The van der Waals surface area contributed by atoms with E-state index in [9.17, 15) is 9.18 Å². The number of hydrogen-bond acceptors (Lipinski definition) is 4. The fourth-order valence-corrected chi connectivity index (χ4v) is 3.30. The van der Waals surface area contributed by atoms with E-state index in [1.807, 2.05) is 29.2 Å². The summed E-state index contributed by atoms with van der Waals surface area (Å²) in [6, 6.07) is 10.4. The summed E-state index contributed by atoms with van der Waals surface area (Å²) < 4.78 is 13.0. The average molecular weight is 370 g/mol. The van der Waals surface area contributed by atoms with E-state index in [0.717, 1.165) is 51.3 Å². The van der Waals surface area contributed by atoms with Crippen LogP contribution in [0.4, 0.5) is 4.39 Å². The van der Waals surface area contributed by atoms with Crippen molar-refractivity contribution in [2.45, 2.75) is 6.42 Å². The molecule has 2 aromatic rings. The second kappa shape index (κ2) is 9.06. The van der Waals surface area contributed by atoms with Crippen LogP contribution in [-0.2, 0) is 0 Å². The highest BCUT2D eigenvalue weighted by atomic mass is 19.1. The monoisotopic (exact) mass is 370 g/mol. The number of benzene rings is 1. The Balaban J connectivity index is 1.53. The van der Waals surface area contributed by atoms with E-state index in [4.69, 9.17) is 0 Å². The molecular weight excluding hydrogens is 343 g/mol. The number of nitrogens with zero attached hydrogens (tertiary/aromatic N) is 4. The minimum atomic E-state index is -0.355. The maximum Gasteiger partial charge on any atom is 0.253 e. The lowest BCUT2D eigenvalue weighted by molar-refractivity contribution is 0.0634. The summed E-state index contributed by atoms with van der Waals surface area (Å²) in [6.45, 7) is 5.56. The molecule has 6 heteroatoms. The summed E-state index contributed by atoms with van der Waals surface area (Å²) in [5, 5.41) is 0. The van der Waals surface area contributed by atoms with Crippen molar-refractivity contribution in [1.29, 1.82) is 0 Å². The van der Waals surface area contributed by atoms with Crippen molar-refractivity contribution in [3.05, 3.63) is 54.0 Å². The molecule has 144 valence electrons. The van der Waals surface area contributed by atoms with Crippen molar-refractivity contribution < 1.29 is 9.18 Å². The first kappa shape index (κ1) is 19.5. The molecule has 1 fully saturated rings. The van der Waals surface area contributed by atoms with Gasteiger partial charge in [-0.15, -0.1) is 0 Å². The Kier molecular flexibility index (Phi) is 6.53. The maximum atomic E-state index is 13.0. The second-order valence-corrected chi connectivity index (χ2v) is 7.23. The molecular formula is C21H27FN4O. The molecule has 0 spiro atoms. The highest BCUT2D eigenvalue weighted by Gasteiger charge is 2.21. The second-order valence-electron chi connectivity index (χ2n) is 7.23. The van der Waals surface area contributed by atoms with Gasteiger partial charge in [0, 0.05) is 37.3 Å². The average Bonchev–Trinajstić information content (AvgIpc) is 2.68. The van der Waals surface area contributed by atoms with Gasteiger partial charge >= 0.3 is 0 Å². The standard InChI is InChI=1S/C21H27FN4O/c1-24(2)10-3-11-25-12-14-26(15-13-25)21(27)18-6-4-17(5-7-18)20-9-8-19(22)16-23-20/h4-9,16H,3,10-15H2,1-2H3. The number of piperazine rings is 1. The van der Waals surface area contributed by atoms with E-state index in [1.165, 1.54) is 12.3 Å². The number of rotatable bonds is 6. The van der Waals surface area contributed by atoms with Crippen molar-refractivity contribution in [2.75, 3.05) is 53.4 Å². The van der Waals surface area contributed by atoms with Crippen LogP contribution in [0.15, 0.2) is 42.6 Å². The quantitative estimate of drug-likeness (QED) is 0.784. The fourth-order valence-electron chi connectivity index (χ4n) is 3.30. The molecule has 1 aliphatic rings. The molecule has 0 aliphatic carbocycles. The van der Waals surface area contributed by atoms with Gasteiger partial charge in [-0.3, -0.25) is 14.7 Å². The summed E-state index contributed by atoms with van der Waals surface area (Å²) in [5.74, 6) is -0.284. The third-order valence-electron chi connectivity index (χ3n) is 4.89.